The molecule has 0 fully saturated rings. The van der Waals surface area contributed by atoms with E-state index in [0.717, 1.165) is 23.7 Å². The van der Waals surface area contributed by atoms with Gasteiger partial charge in [0.2, 0.25) is 0 Å². The molecule has 4 nitrogen and oxygen atoms in total. The first-order chi connectivity index (χ1) is 6.31. The summed E-state index contributed by atoms with van der Waals surface area (Å²) in [6, 6.07) is 0. The van der Waals surface area contributed by atoms with Gasteiger partial charge < -0.3 is 10.8 Å². The van der Waals surface area contributed by atoms with E-state index in [-0.39, 0.29) is 12.5 Å². The molecule has 0 spiro atoms. The van der Waals surface area contributed by atoms with Gasteiger partial charge in [-0.1, -0.05) is 6.92 Å². The standard InChI is InChI=1S/C8H15N3OS/c1-2-3-7-10-8(13-11-7)6(4-9)5-12/h6,12H,2-5,9H2,1H3. The molecule has 0 saturated carbocycles. The molecule has 0 bridgehead atoms. The first-order valence-corrected chi connectivity index (χ1v) is 5.22. The molecule has 1 unspecified atom stereocenters. The predicted octanol–water partition coefficient (Wildman–Crippen LogP) is 0.525. The van der Waals surface area contributed by atoms with Crippen molar-refractivity contribution >= 4 is 11.5 Å². The van der Waals surface area contributed by atoms with Crippen LogP contribution in [0.3, 0.4) is 0 Å². The topological polar surface area (TPSA) is 72.0 Å². The van der Waals surface area contributed by atoms with Crippen LogP contribution in [-0.4, -0.2) is 27.6 Å². The third-order valence-electron chi connectivity index (χ3n) is 1.81. The zero-order valence-corrected chi connectivity index (χ0v) is 8.55. The summed E-state index contributed by atoms with van der Waals surface area (Å²) < 4.78 is 4.19. The van der Waals surface area contributed by atoms with Gasteiger partial charge in [0, 0.05) is 18.9 Å². The highest BCUT2D eigenvalue weighted by molar-refractivity contribution is 7.05. The van der Waals surface area contributed by atoms with Crippen molar-refractivity contribution in [3.63, 3.8) is 0 Å². The first kappa shape index (κ1) is 10.6. The van der Waals surface area contributed by atoms with E-state index in [0.29, 0.717) is 6.54 Å². The molecule has 0 radical (unpaired) electrons. The van der Waals surface area contributed by atoms with Crippen molar-refractivity contribution < 1.29 is 5.11 Å². The van der Waals surface area contributed by atoms with Gasteiger partial charge in [-0.15, -0.1) is 0 Å². The van der Waals surface area contributed by atoms with Gasteiger partial charge in [-0.2, -0.15) is 4.37 Å². The van der Waals surface area contributed by atoms with Gasteiger partial charge in [-0.3, -0.25) is 0 Å². The molecule has 5 heteroatoms. The van der Waals surface area contributed by atoms with Gasteiger partial charge in [-0.05, 0) is 18.0 Å². The van der Waals surface area contributed by atoms with E-state index < -0.39 is 0 Å². The largest absolute Gasteiger partial charge is 0.396 e. The van der Waals surface area contributed by atoms with Gasteiger partial charge in [0.25, 0.3) is 0 Å². The fourth-order valence-corrected chi connectivity index (χ4v) is 1.81. The molecule has 1 rings (SSSR count). The smallest absolute Gasteiger partial charge is 0.142 e. The molecule has 1 heterocycles. The van der Waals surface area contributed by atoms with Crippen LogP contribution in [0.4, 0.5) is 0 Å². The summed E-state index contributed by atoms with van der Waals surface area (Å²) in [4.78, 5) is 4.31. The number of hydrogen-bond acceptors (Lipinski definition) is 5. The first-order valence-electron chi connectivity index (χ1n) is 4.45. The summed E-state index contributed by atoms with van der Waals surface area (Å²) in [6.07, 6.45) is 1.95. The molecule has 1 atom stereocenters. The van der Waals surface area contributed by atoms with Gasteiger partial charge in [0.1, 0.15) is 10.8 Å². The Hall–Kier alpha value is -0.520. The lowest BCUT2D eigenvalue weighted by Gasteiger charge is -2.04. The second-order valence-electron chi connectivity index (χ2n) is 2.91. The van der Waals surface area contributed by atoms with Gasteiger partial charge in [0.05, 0.1) is 6.61 Å². The second-order valence-corrected chi connectivity index (χ2v) is 3.70. The summed E-state index contributed by atoms with van der Waals surface area (Å²) in [6.45, 7) is 2.57. The maximum Gasteiger partial charge on any atom is 0.142 e. The van der Waals surface area contributed by atoms with Crippen molar-refractivity contribution in [1.82, 2.24) is 9.36 Å². The lowest BCUT2D eigenvalue weighted by atomic mass is 10.2. The number of hydrogen-bond donors (Lipinski definition) is 2. The molecule has 1 aromatic rings. The van der Waals surface area contributed by atoms with Crippen molar-refractivity contribution in [2.45, 2.75) is 25.7 Å². The molecule has 0 amide bonds. The van der Waals surface area contributed by atoms with Crippen molar-refractivity contribution in [2.75, 3.05) is 13.2 Å². The summed E-state index contributed by atoms with van der Waals surface area (Å²) in [5.74, 6) is 0.831. The number of aromatic nitrogens is 2. The normalized spacial score (nSPS) is 13.2. The van der Waals surface area contributed by atoms with E-state index in [1.54, 1.807) is 0 Å². The van der Waals surface area contributed by atoms with Gasteiger partial charge >= 0.3 is 0 Å². The Kier molecular flexibility index (Phi) is 4.27. The Labute approximate surface area is 82.0 Å². The van der Waals surface area contributed by atoms with Crippen molar-refractivity contribution in [3.05, 3.63) is 10.8 Å². The van der Waals surface area contributed by atoms with Crippen LogP contribution in [0, 0.1) is 0 Å². The molecule has 74 valence electrons. The van der Waals surface area contributed by atoms with Crippen LogP contribution in [0.25, 0.3) is 0 Å². The Balaban J connectivity index is 2.66. The zero-order chi connectivity index (χ0) is 9.68. The van der Waals surface area contributed by atoms with Gasteiger partial charge in [-0.25, -0.2) is 4.98 Å². The van der Waals surface area contributed by atoms with Crippen LogP contribution in [-0.2, 0) is 6.42 Å². The highest BCUT2D eigenvalue weighted by Gasteiger charge is 2.13. The molecule has 0 saturated heterocycles. The van der Waals surface area contributed by atoms with E-state index in [2.05, 4.69) is 16.3 Å². The highest BCUT2D eigenvalue weighted by Crippen LogP contribution is 2.16. The maximum atomic E-state index is 8.98. The average Bonchev–Trinajstić information content (AvgIpc) is 2.56. The summed E-state index contributed by atoms with van der Waals surface area (Å²) >= 11 is 1.35. The van der Waals surface area contributed by atoms with Gasteiger partial charge in [0.15, 0.2) is 0 Å². The third-order valence-corrected chi connectivity index (χ3v) is 2.73. The van der Waals surface area contributed by atoms with Crippen LogP contribution < -0.4 is 5.73 Å². The average molecular weight is 201 g/mol. The Morgan fingerprint density at radius 1 is 1.62 bits per heavy atom. The fourth-order valence-electron chi connectivity index (χ4n) is 1.01. The molecule has 3 N–H and O–H groups in total. The predicted molar refractivity (Wildman–Crippen MR) is 52.8 cm³/mol. The van der Waals surface area contributed by atoms with Crippen LogP contribution in [0.2, 0.25) is 0 Å². The molecule has 0 aromatic carbocycles. The maximum absolute atomic E-state index is 8.98. The minimum atomic E-state index is -0.0388. The van der Waals surface area contributed by atoms with Crippen LogP contribution >= 0.6 is 11.5 Å². The van der Waals surface area contributed by atoms with E-state index in [9.17, 15) is 0 Å². The van der Waals surface area contributed by atoms with E-state index in [1.807, 2.05) is 0 Å². The van der Waals surface area contributed by atoms with Crippen molar-refractivity contribution in [1.29, 1.82) is 0 Å². The minimum absolute atomic E-state index is 0.0388. The lowest BCUT2D eigenvalue weighted by Crippen LogP contribution is -2.15. The van der Waals surface area contributed by atoms with Crippen LogP contribution in [0.15, 0.2) is 0 Å². The number of nitrogens with two attached hydrogens (primary N) is 1. The third kappa shape index (κ3) is 2.72. The number of aliphatic hydroxyl groups is 1. The number of aryl methyl sites for hydroxylation is 1. The molecule has 1 aromatic heterocycles. The van der Waals surface area contributed by atoms with Crippen LogP contribution in [0.1, 0.15) is 30.1 Å². The van der Waals surface area contributed by atoms with E-state index >= 15 is 0 Å². The fraction of sp³-hybridized carbons (Fsp3) is 0.750. The second kappa shape index (κ2) is 5.26. The van der Waals surface area contributed by atoms with Crippen molar-refractivity contribution in [2.24, 2.45) is 5.73 Å². The Morgan fingerprint density at radius 3 is 2.92 bits per heavy atom. The molecule has 13 heavy (non-hydrogen) atoms. The minimum Gasteiger partial charge on any atom is -0.396 e. The van der Waals surface area contributed by atoms with Crippen LogP contribution in [0.5, 0.6) is 0 Å². The lowest BCUT2D eigenvalue weighted by molar-refractivity contribution is 0.267. The number of rotatable bonds is 5. The molecule has 0 aliphatic rings. The molecular formula is C8H15N3OS. The van der Waals surface area contributed by atoms with E-state index in [4.69, 9.17) is 10.8 Å². The SMILES string of the molecule is CCCc1nsc(C(CN)CO)n1. The Bertz CT molecular complexity index is 247. The number of aliphatic hydroxyl groups excluding tert-OH is 1. The number of nitrogens with zero attached hydrogens (tertiary/aromatic N) is 2. The van der Waals surface area contributed by atoms with Crippen molar-refractivity contribution in [3.8, 4) is 0 Å². The Morgan fingerprint density at radius 2 is 2.38 bits per heavy atom. The quantitative estimate of drug-likeness (QED) is 0.728. The monoisotopic (exact) mass is 201 g/mol. The molecule has 0 aliphatic carbocycles. The molecule has 0 aliphatic heterocycles. The summed E-state index contributed by atoms with van der Waals surface area (Å²) in [5.41, 5.74) is 5.48. The summed E-state index contributed by atoms with van der Waals surface area (Å²) in [5, 5.41) is 9.83. The highest BCUT2D eigenvalue weighted by atomic mass is 32.1. The molecular weight excluding hydrogens is 186 g/mol. The zero-order valence-electron chi connectivity index (χ0n) is 7.73. The van der Waals surface area contributed by atoms with E-state index in [1.165, 1.54) is 11.5 Å². The summed E-state index contributed by atoms with van der Waals surface area (Å²) in [7, 11) is 0.